The maximum absolute atomic E-state index is 5.64. The molecule has 0 aliphatic rings. The van der Waals surface area contributed by atoms with Crippen LogP contribution in [0.15, 0.2) is 43.0 Å². The van der Waals surface area contributed by atoms with Gasteiger partial charge in [-0.25, -0.2) is 0 Å². The van der Waals surface area contributed by atoms with E-state index in [0.717, 1.165) is 12.2 Å². The van der Waals surface area contributed by atoms with Crippen LogP contribution in [0.25, 0.3) is 0 Å². The molecule has 0 saturated carbocycles. The summed E-state index contributed by atoms with van der Waals surface area (Å²) in [5.74, 6) is 0.888. The van der Waals surface area contributed by atoms with E-state index < -0.39 is 0 Å². The van der Waals surface area contributed by atoms with Gasteiger partial charge in [-0.05, 0) is 12.1 Å². The van der Waals surface area contributed by atoms with E-state index in [1.165, 1.54) is 0 Å². The van der Waals surface area contributed by atoms with Crippen molar-refractivity contribution in [3.05, 3.63) is 43.0 Å². The van der Waals surface area contributed by atoms with Gasteiger partial charge in [0.25, 0.3) is 0 Å². The lowest BCUT2D eigenvalue weighted by atomic mass is 10.2. The molecule has 0 aliphatic carbocycles. The van der Waals surface area contributed by atoms with Crippen LogP contribution < -0.4 is 10.5 Å². The second-order valence-electron chi connectivity index (χ2n) is 2.85. The summed E-state index contributed by atoms with van der Waals surface area (Å²) in [5, 5.41) is 0. The quantitative estimate of drug-likeness (QED) is 0.698. The minimum Gasteiger partial charge on any atom is -0.494 e. The van der Waals surface area contributed by atoms with Crippen LogP contribution in [0, 0.1) is 0 Å². The minimum absolute atomic E-state index is 0.0312. The Labute approximate surface area is 79.0 Å². The van der Waals surface area contributed by atoms with Crippen LogP contribution in [0.5, 0.6) is 5.75 Å². The van der Waals surface area contributed by atoms with Crippen molar-refractivity contribution in [2.75, 3.05) is 6.61 Å². The summed E-state index contributed by atoms with van der Waals surface area (Å²) >= 11 is 0. The number of rotatable bonds is 5. The number of hydrogen-bond donors (Lipinski definition) is 1. The standard InChI is InChI=1S/C11H15NO/c1-2-10(12)8-9-13-11-6-4-3-5-7-11/h2-7,10H,1,8-9,12H2. The molecule has 0 heterocycles. The molecule has 0 amide bonds. The molecule has 0 aromatic heterocycles. The molecule has 0 fully saturated rings. The highest BCUT2D eigenvalue weighted by atomic mass is 16.5. The molecule has 1 unspecified atom stereocenters. The molecule has 0 aliphatic heterocycles. The fourth-order valence-corrected chi connectivity index (χ4v) is 0.947. The van der Waals surface area contributed by atoms with Gasteiger partial charge in [0.05, 0.1) is 6.61 Å². The summed E-state index contributed by atoms with van der Waals surface area (Å²) in [6.07, 6.45) is 2.53. The van der Waals surface area contributed by atoms with Gasteiger partial charge < -0.3 is 10.5 Å². The maximum Gasteiger partial charge on any atom is 0.119 e. The van der Waals surface area contributed by atoms with E-state index in [2.05, 4.69) is 6.58 Å². The highest BCUT2D eigenvalue weighted by molar-refractivity contribution is 5.20. The van der Waals surface area contributed by atoms with Crippen molar-refractivity contribution >= 4 is 0 Å². The summed E-state index contributed by atoms with van der Waals surface area (Å²) in [6.45, 7) is 4.24. The molecule has 2 nitrogen and oxygen atoms in total. The monoisotopic (exact) mass is 177 g/mol. The van der Waals surface area contributed by atoms with Crippen LogP contribution in [0.4, 0.5) is 0 Å². The zero-order valence-electron chi connectivity index (χ0n) is 7.65. The average molecular weight is 177 g/mol. The van der Waals surface area contributed by atoms with Crippen LogP contribution in [-0.4, -0.2) is 12.6 Å². The molecular weight excluding hydrogens is 162 g/mol. The molecule has 1 aromatic rings. The van der Waals surface area contributed by atoms with Gasteiger partial charge in [0.2, 0.25) is 0 Å². The van der Waals surface area contributed by atoms with Gasteiger partial charge in [0, 0.05) is 12.5 Å². The van der Waals surface area contributed by atoms with Crippen molar-refractivity contribution in [2.45, 2.75) is 12.5 Å². The first-order valence-electron chi connectivity index (χ1n) is 4.39. The normalized spacial score (nSPS) is 12.1. The predicted octanol–water partition coefficient (Wildman–Crippen LogP) is 1.97. The summed E-state index contributed by atoms with van der Waals surface area (Å²) in [4.78, 5) is 0. The fraction of sp³-hybridized carbons (Fsp3) is 0.273. The zero-order valence-corrected chi connectivity index (χ0v) is 7.65. The third-order valence-electron chi connectivity index (χ3n) is 1.77. The lowest BCUT2D eigenvalue weighted by Gasteiger charge is -2.07. The Balaban J connectivity index is 2.24. The molecule has 2 heteroatoms. The molecule has 70 valence electrons. The zero-order chi connectivity index (χ0) is 9.52. The predicted molar refractivity (Wildman–Crippen MR) is 54.7 cm³/mol. The molecule has 2 N–H and O–H groups in total. The number of benzene rings is 1. The topological polar surface area (TPSA) is 35.2 Å². The number of hydrogen-bond acceptors (Lipinski definition) is 2. The number of para-hydroxylation sites is 1. The van der Waals surface area contributed by atoms with Gasteiger partial charge in [0.15, 0.2) is 0 Å². The molecule has 13 heavy (non-hydrogen) atoms. The molecule has 1 aromatic carbocycles. The van der Waals surface area contributed by atoms with E-state index >= 15 is 0 Å². The molecule has 0 radical (unpaired) electrons. The van der Waals surface area contributed by atoms with Crippen LogP contribution in [-0.2, 0) is 0 Å². The van der Waals surface area contributed by atoms with Gasteiger partial charge in [-0.3, -0.25) is 0 Å². The Kier molecular flexibility index (Phi) is 4.06. The lowest BCUT2D eigenvalue weighted by molar-refractivity contribution is 0.305. The first kappa shape index (κ1) is 9.81. The molecule has 1 atom stereocenters. The van der Waals surface area contributed by atoms with Crippen molar-refractivity contribution in [1.82, 2.24) is 0 Å². The fourth-order valence-electron chi connectivity index (χ4n) is 0.947. The summed E-state index contributed by atoms with van der Waals surface area (Å²) < 4.78 is 5.45. The Hall–Kier alpha value is -1.28. The summed E-state index contributed by atoms with van der Waals surface area (Å²) in [6, 6.07) is 9.75. The van der Waals surface area contributed by atoms with Crippen LogP contribution in [0.3, 0.4) is 0 Å². The first-order valence-corrected chi connectivity index (χ1v) is 4.39. The van der Waals surface area contributed by atoms with Gasteiger partial charge >= 0.3 is 0 Å². The highest BCUT2D eigenvalue weighted by Gasteiger charge is 1.96. The number of nitrogens with two attached hydrogens (primary N) is 1. The van der Waals surface area contributed by atoms with Gasteiger partial charge in [-0.15, -0.1) is 6.58 Å². The van der Waals surface area contributed by atoms with Crippen molar-refractivity contribution in [1.29, 1.82) is 0 Å². The van der Waals surface area contributed by atoms with Crippen LogP contribution >= 0.6 is 0 Å². The lowest BCUT2D eigenvalue weighted by Crippen LogP contribution is -2.19. The van der Waals surface area contributed by atoms with Gasteiger partial charge in [0.1, 0.15) is 5.75 Å². The average Bonchev–Trinajstić information content (AvgIpc) is 2.19. The number of ether oxygens (including phenoxy) is 1. The molecule has 0 saturated heterocycles. The Morgan fingerprint density at radius 3 is 2.69 bits per heavy atom. The maximum atomic E-state index is 5.64. The van der Waals surface area contributed by atoms with Crippen molar-refractivity contribution in [3.63, 3.8) is 0 Å². The van der Waals surface area contributed by atoms with E-state index in [9.17, 15) is 0 Å². The van der Waals surface area contributed by atoms with E-state index in [-0.39, 0.29) is 6.04 Å². The van der Waals surface area contributed by atoms with Crippen molar-refractivity contribution in [3.8, 4) is 5.75 Å². The Bertz CT molecular complexity index is 246. The van der Waals surface area contributed by atoms with E-state index in [1.54, 1.807) is 6.08 Å². The second kappa shape index (κ2) is 5.38. The Morgan fingerprint density at radius 2 is 2.08 bits per heavy atom. The van der Waals surface area contributed by atoms with E-state index in [1.807, 2.05) is 30.3 Å². The molecule has 1 rings (SSSR count). The Morgan fingerprint density at radius 1 is 1.38 bits per heavy atom. The van der Waals surface area contributed by atoms with Crippen molar-refractivity contribution < 1.29 is 4.74 Å². The molecular formula is C11H15NO. The van der Waals surface area contributed by atoms with E-state index in [0.29, 0.717) is 6.61 Å². The third kappa shape index (κ3) is 3.76. The largest absolute Gasteiger partial charge is 0.494 e. The van der Waals surface area contributed by atoms with E-state index in [4.69, 9.17) is 10.5 Å². The smallest absolute Gasteiger partial charge is 0.119 e. The highest BCUT2D eigenvalue weighted by Crippen LogP contribution is 2.08. The molecule has 0 bridgehead atoms. The van der Waals surface area contributed by atoms with Gasteiger partial charge in [-0.2, -0.15) is 0 Å². The van der Waals surface area contributed by atoms with Crippen molar-refractivity contribution in [2.24, 2.45) is 5.73 Å². The second-order valence-corrected chi connectivity index (χ2v) is 2.85. The van der Waals surface area contributed by atoms with Gasteiger partial charge in [-0.1, -0.05) is 24.3 Å². The van der Waals surface area contributed by atoms with Crippen LogP contribution in [0.1, 0.15) is 6.42 Å². The third-order valence-corrected chi connectivity index (χ3v) is 1.77. The first-order chi connectivity index (χ1) is 6.33. The summed E-state index contributed by atoms with van der Waals surface area (Å²) in [7, 11) is 0. The van der Waals surface area contributed by atoms with Crippen LogP contribution in [0.2, 0.25) is 0 Å². The summed E-state index contributed by atoms with van der Waals surface area (Å²) in [5.41, 5.74) is 5.64. The minimum atomic E-state index is 0.0312. The molecule has 0 spiro atoms. The SMILES string of the molecule is C=CC(N)CCOc1ccccc1.